The van der Waals surface area contributed by atoms with Crippen LogP contribution in [0, 0.1) is 5.92 Å². The van der Waals surface area contributed by atoms with Crippen LogP contribution in [0.15, 0.2) is 0 Å². The van der Waals surface area contributed by atoms with Gasteiger partial charge in [0.05, 0.1) is 6.04 Å². The van der Waals surface area contributed by atoms with E-state index in [1.54, 1.807) is 4.90 Å². The largest absolute Gasteiger partial charge is 0.350 e. The fraction of sp³-hybridized carbons (Fsp3) is 0.818. The van der Waals surface area contributed by atoms with Crippen molar-refractivity contribution in [1.82, 2.24) is 15.5 Å². The fourth-order valence-corrected chi connectivity index (χ4v) is 1.92. The molecule has 16 heavy (non-hydrogen) atoms. The van der Waals surface area contributed by atoms with Crippen LogP contribution in [0.1, 0.15) is 26.2 Å². The number of hydrogen-bond donors (Lipinski definition) is 2. The molecule has 1 aliphatic carbocycles. The number of rotatable bonds is 4. The molecule has 0 atom stereocenters. The molecule has 1 heterocycles. The van der Waals surface area contributed by atoms with Crippen molar-refractivity contribution in [3.8, 4) is 0 Å². The Labute approximate surface area is 95.6 Å². The van der Waals surface area contributed by atoms with Gasteiger partial charge in [0, 0.05) is 26.6 Å². The predicted molar refractivity (Wildman–Crippen MR) is 59.9 cm³/mol. The van der Waals surface area contributed by atoms with Crippen LogP contribution in [0.2, 0.25) is 0 Å². The molecular weight excluding hydrogens is 206 g/mol. The fourth-order valence-electron chi connectivity index (χ4n) is 1.92. The van der Waals surface area contributed by atoms with E-state index < -0.39 is 0 Å². The highest BCUT2D eigenvalue weighted by molar-refractivity contribution is 5.77. The lowest BCUT2D eigenvalue weighted by Gasteiger charge is -2.39. The van der Waals surface area contributed by atoms with E-state index >= 15 is 0 Å². The van der Waals surface area contributed by atoms with Crippen LogP contribution in [-0.2, 0) is 4.79 Å². The number of likely N-dealkylation sites (tertiary alicyclic amines) is 1. The molecule has 0 aromatic heterocycles. The molecule has 0 unspecified atom stereocenters. The van der Waals surface area contributed by atoms with Gasteiger partial charge in [-0.2, -0.15) is 0 Å². The number of carbonyl (C=O) groups excluding carboxylic acids is 2. The van der Waals surface area contributed by atoms with Crippen molar-refractivity contribution in [2.75, 3.05) is 19.6 Å². The molecule has 0 aromatic rings. The summed E-state index contributed by atoms with van der Waals surface area (Å²) in [4.78, 5) is 24.0. The molecule has 5 heteroatoms. The SMILES string of the molecule is CC(=O)NC1CN(C(=O)NCCC2CC2)C1. The molecule has 2 aliphatic rings. The Bertz CT molecular complexity index is 283. The van der Waals surface area contributed by atoms with Gasteiger partial charge in [0.25, 0.3) is 0 Å². The lowest BCUT2D eigenvalue weighted by atomic mass is 10.1. The first-order valence-corrected chi connectivity index (χ1v) is 5.95. The number of hydrogen-bond acceptors (Lipinski definition) is 2. The smallest absolute Gasteiger partial charge is 0.317 e. The van der Waals surface area contributed by atoms with Crippen molar-refractivity contribution in [3.05, 3.63) is 0 Å². The van der Waals surface area contributed by atoms with Crippen LogP contribution in [0.5, 0.6) is 0 Å². The summed E-state index contributed by atoms with van der Waals surface area (Å²) in [6.45, 7) is 3.55. The second-order valence-corrected chi connectivity index (χ2v) is 4.77. The van der Waals surface area contributed by atoms with Gasteiger partial charge in [0.2, 0.25) is 5.91 Å². The summed E-state index contributed by atoms with van der Waals surface area (Å²) >= 11 is 0. The van der Waals surface area contributed by atoms with Gasteiger partial charge >= 0.3 is 6.03 Å². The zero-order valence-corrected chi connectivity index (χ0v) is 9.66. The molecule has 0 aromatic carbocycles. The highest BCUT2D eigenvalue weighted by Crippen LogP contribution is 2.31. The van der Waals surface area contributed by atoms with Gasteiger partial charge in [-0.05, 0) is 12.3 Å². The summed E-state index contributed by atoms with van der Waals surface area (Å²) in [6.07, 6.45) is 3.75. The van der Waals surface area contributed by atoms with Crippen LogP contribution in [0.3, 0.4) is 0 Å². The molecule has 0 radical (unpaired) electrons. The van der Waals surface area contributed by atoms with Gasteiger partial charge in [-0.3, -0.25) is 4.79 Å². The molecule has 0 bridgehead atoms. The van der Waals surface area contributed by atoms with Crippen molar-refractivity contribution in [1.29, 1.82) is 0 Å². The van der Waals surface area contributed by atoms with Crippen LogP contribution >= 0.6 is 0 Å². The van der Waals surface area contributed by atoms with Crippen LogP contribution in [0.25, 0.3) is 0 Å². The van der Waals surface area contributed by atoms with Crippen molar-refractivity contribution in [2.24, 2.45) is 5.92 Å². The van der Waals surface area contributed by atoms with Gasteiger partial charge in [-0.15, -0.1) is 0 Å². The first kappa shape index (κ1) is 11.2. The lowest BCUT2D eigenvalue weighted by molar-refractivity contribution is -0.120. The maximum atomic E-state index is 11.6. The number of nitrogens with one attached hydrogen (secondary N) is 2. The minimum atomic E-state index is -0.0289. The summed E-state index contributed by atoms with van der Waals surface area (Å²) < 4.78 is 0. The second-order valence-electron chi connectivity index (χ2n) is 4.77. The van der Waals surface area contributed by atoms with E-state index in [0.717, 1.165) is 18.9 Å². The first-order valence-electron chi connectivity index (χ1n) is 5.95. The number of carbonyl (C=O) groups is 2. The van der Waals surface area contributed by atoms with Gasteiger partial charge < -0.3 is 15.5 Å². The van der Waals surface area contributed by atoms with Crippen LogP contribution in [-0.4, -0.2) is 42.5 Å². The Morgan fingerprint density at radius 3 is 2.56 bits per heavy atom. The monoisotopic (exact) mass is 225 g/mol. The summed E-state index contributed by atoms with van der Waals surface area (Å²) in [5.41, 5.74) is 0. The van der Waals surface area contributed by atoms with E-state index in [0.29, 0.717) is 13.1 Å². The molecule has 5 nitrogen and oxygen atoms in total. The molecule has 2 fully saturated rings. The Hall–Kier alpha value is -1.26. The molecule has 1 saturated carbocycles. The zero-order valence-electron chi connectivity index (χ0n) is 9.66. The quantitative estimate of drug-likeness (QED) is 0.723. The van der Waals surface area contributed by atoms with E-state index in [9.17, 15) is 9.59 Å². The van der Waals surface area contributed by atoms with Gasteiger partial charge in [-0.25, -0.2) is 4.79 Å². The maximum absolute atomic E-state index is 11.6. The molecule has 2 rings (SSSR count). The highest BCUT2D eigenvalue weighted by atomic mass is 16.2. The third kappa shape index (κ3) is 3.12. The summed E-state index contributed by atoms with van der Waals surface area (Å²) in [7, 11) is 0. The molecule has 90 valence electrons. The Kier molecular flexibility index (Phi) is 3.31. The zero-order chi connectivity index (χ0) is 11.5. The van der Waals surface area contributed by atoms with E-state index in [1.165, 1.54) is 19.8 Å². The lowest BCUT2D eigenvalue weighted by Crippen LogP contribution is -2.62. The summed E-state index contributed by atoms with van der Waals surface area (Å²) in [6, 6.07) is 0.147. The van der Waals surface area contributed by atoms with E-state index in [2.05, 4.69) is 10.6 Å². The van der Waals surface area contributed by atoms with Gasteiger partial charge in [0.1, 0.15) is 0 Å². The van der Waals surface area contributed by atoms with Crippen LogP contribution < -0.4 is 10.6 Å². The van der Waals surface area contributed by atoms with E-state index in [-0.39, 0.29) is 18.0 Å². The Morgan fingerprint density at radius 1 is 1.31 bits per heavy atom. The molecule has 1 saturated heterocycles. The number of urea groups is 1. The maximum Gasteiger partial charge on any atom is 0.317 e. The molecule has 0 spiro atoms. The van der Waals surface area contributed by atoms with Crippen molar-refractivity contribution >= 4 is 11.9 Å². The first-order chi connectivity index (χ1) is 7.65. The normalized spacial score (nSPS) is 20.2. The minimum absolute atomic E-state index is 0.00209. The minimum Gasteiger partial charge on any atom is -0.350 e. The Morgan fingerprint density at radius 2 is 2.00 bits per heavy atom. The number of amides is 3. The second kappa shape index (κ2) is 4.72. The molecule has 3 amide bonds. The molecular formula is C11H19N3O2. The summed E-state index contributed by atoms with van der Waals surface area (Å²) in [5.74, 6) is 0.822. The van der Waals surface area contributed by atoms with Crippen molar-refractivity contribution in [2.45, 2.75) is 32.2 Å². The molecule has 2 N–H and O–H groups in total. The van der Waals surface area contributed by atoms with Crippen molar-refractivity contribution < 1.29 is 9.59 Å². The summed E-state index contributed by atoms with van der Waals surface area (Å²) in [5, 5.41) is 5.69. The third-order valence-electron chi connectivity index (χ3n) is 3.10. The topological polar surface area (TPSA) is 61.4 Å². The van der Waals surface area contributed by atoms with E-state index in [1.807, 2.05) is 0 Å². The van der Waals surface area contributed by atoms with Gasteiger partial charge in [0.15, 0.2) is 0 Å². The average molecular weight is 225 g/mol. The van der Waals surface area contributed by atoms with Gasteiger partial charge in [-0.1, -0.05) is 12.8 Å². The third-order valence-corrected chi connectivity index (χ3v) is 3.10. The molecule has 1 aliphatic heterocycles. The average Bonchev–Trinajstić information content (AvgIpc) is 2.93. The van der Waals surface area contributed by atoms with E-state index in [4.69, 9.17) is 0 Å². The standard InChI is InChI=1S/C11H19N3O2/c1-8(15)13-10-6-14(7-10)11(16)12-5-4-9-2-3-9/h9-10H,2-7H2,1H3,(H,12,16)(H,13,15). The number of nitrogens with zero attached hydrogens (tertiary/aromatic N) is 1. The Balaban J connectivity index is 1.55. The predicted octanol–water partition coefficient (Wildman–Crippen LogP) is 0.316. The van der Waals surface area contributed by atoms with Crippen molar-refractivity contribution in [3.63, 3.8) is 0 Å². The highest BCUT2D eigenvalue weighted by Gasteiger charge is 2.31. The van der Waals surface area contributed by atoms with Crippen LogP contribution in [0.4, 0.5) is 4.79 Å².